The van der Waals surface area contributed by atoms with E-state index < -0.39 is 0 Å². The molecule has 0 saturated carbocycles. The number of nitrogens with zero attached hydrogens (tertiary/aromatic N) is 1. The van der Waals surface area contributed by atoms with Crippen LogP contribution in [-0.4, -0.2) is 24.5 Å². The van der Waals surface area contributed by atoms with Crippen LogP contribution in [0.1, 0.15) is 25.8 Å². The van der Waals surface area contributed by atoms with Crippen molar-refractivity contribution >= 4 is 17.4 Å². The topological polar surface area (TPSA) is 63.2 Å². The van der Waals surface area contributed by atoms with Gasteiger partial charge in [-0.05, 0) is 42.2 Å². The maximum Gasteiger partial charge on any atom is 0.224 e. The van der Waals surface area contributed by atoms with E-state index in [1.165, 1.54) is 5.56 Å². The number of benzene rings is 1. The number of carbonyl (C=O) groups excluding carboxylic acids is 1. The van der Waals surface area contributed by atoms with Crippen molar-refractivity contribution < 1.29 is 9.53 Å². The average molecular weight is 327 g/mol. The molecule has 5 nitrogen and oxygen atoms in total. The van der Waals surface area contributed by atoms with Crippen molar-refractivity contribution in [3.8, 4) is 5.75 Å². The third kappa shape index (κ3) is 5.91. The second-order valence-corrected chi connectivity index (χ2v) is 6.10. The van der Waals surface area contributed by atoms with Crippen molar-refractivity contribution in [2.75, 3.05) is 24.3 Å². The normalized spacial score (nSPS) is 10.5. The number of nitrogens with one attached hydrogen (secondary N) is 2. The second-order valence-electron chi connectivity index (χ2n) is 6.10. The third-order valence-electron chi connectivity index (χ3n) is 3.52. The molecular formula is C19H25N3O2. The second kappa shape index (κ2) is 8.91. The summed E-state index contributed by atoms with van der Waals surface area (Å²) in [6.07, 6.45) is 3.09. The van der Waals surface area contributed by atoms with Gasteiger partial charge in [0, 0.05) is 13.0 Å². The minimum atomic E-state index is 0.0204. The Morgan fingerprint density at radius 3 is 2.50 bits per heavy atom. The first-order valence-electron chi connectivity index (χ1n) is 8.19. The van der Waals surface area contributed by atoms with E-state index in [1.54, 1.807) is 13.3 Å². The largest absolute Gasteiger partial charge is 0.497 e. The highest BCUT2D eigenvalue weighted by Gasteiger charge is 2.05. The lowest BCUT2D eigenvalue weighted by molar-refractivity contribution is -0.116. The molecule has 0 bridgehead atoms. The first-order valence-corrected chi connectivity index (χ1v) is 8.19. The van der Waals surface area contributed by atoms with Gasteiger partial charge in [0.2, 0.25) is 5.91 Å². The lowest BCUT2D eigenvalue weighted by atomic mass is 10.1. The van der Waals surface area contributed by atoms with E-state index in [-0.39, 0.29) is 5.91 Å². The smallest absolute Gasteiger partial charge is 0.224 e. The Morgan fingerprint density at radius 2 is 1.92 bits per heavy atom. The number of aromatic nitrogens is 1. The molecule has 0 unspecified atom stereocenters. The van der Waals surface area contributed by atoms with E-state index in [0.717, 1.165) is 30.2 Å². The Balaban J connectivity index is 1.77. The monoisotopic (exact) mass is 327 g/mol. The van der Waals surface area contributed by atoms with Crippen LogP contribution in [0.25, 0.3) is 0 Å². The van der Waals surface area contributed by atoms with E-state index in [0.29, 0.717) is 12.3 Å². The molecule has 24 heavy (non-hydrogen) atoms. The van der Waals surface area contributed by atoms with E-state index in [1.807, 2.05) is 38.1 Å². The Hall–Kier alpha value is -2.56. The molecule has 2 aromatic rings. The summed E-state index contributed by atoms with van der Waals surface area (Å²) in [7, 11) is 1.66. The molecule has 0 atom stereocenters. The maximum atomic E-state index is 11.7. The fourth-order valence-corrected chi connectivity index (χ4v) is 2.28. The lowest BCUT2D eigenvalue weighted by Crippen LogP contribution is -2.14. The fourth-order valence-electron chi connectivity index (χ4n) is 2.28. The van der Waals surface area contributed by atoms with Crippen molar-refractivity contribution in [1.29, 1.82) is 0 Å². The molecule has 1 aromatic heterocycles. The number of rotatable bonds is 8. The van der Waals surface area contributed by atoms with Crippen LogP contribution in [0.3, 0.4) is 0 Å². The van der Waals surface area contributed by atoms with Gasteiger partial charge in [0.15, 0.2) is 0 Å². The third-order valence-corrected chi connectivity index (χ3v) is 3.52. The molecule has 2 N–H and O–H groups in total. The fraction of sp³-hybridized carbons (Fsp3) is 0.368. The summed E-state index contributed by atoms with van der Waals surface area (Å²) in [5, 5.41) is 6.13. The summed E-state index contributed by atoms with van der Waals surface area (Å²) in [5.74, 6) is 2.03. The Kier molecular flexibility index (Phi) is 6.61. The van der Waals surface area contributed by atoms with E-state index in [9.17, 15) is 4.79 Å². The maximum absolute atomic E-state index is 11.7. The Bertz CT molecular complexity index is 637. The summed E-state index contributed by atoms with van der Waals surface area (Å²) in [6.45, 7) is 4.83. The van der Waals surface area contributed by atoms with E-state index >= 15 is 0 Å². The van der Waals surface area contributed by atoms with Crippen molar-refractivity contribution in [2.45, 2.75) is 26.7 Å². The number of methoxy groups -OCH3 is 1. The molecule has 0 spiro atoms. The van der Waals surface area contributed by atoms with Crippen LogP contribution in [-0.2, 0) is 11.2 Å². The lowest BCUT2D eigenvalue weighted by Gasteiger charge is -2.09. The average Bonchev–Trinajstić information content (AvgIpc) is 2.56. The van der Waals surface area contributed by atoms with Gasteiger partial charge in [0.05, 0.1) is 19.0 Å². The van der Waals surface area contributed by atoms with Crippen LogP contribution in [0.5, 0.6) is 5.75 Å². The predicted octanol–water partition coefficient (Wildman–Crippen LogP) is 3.73. The number of pyridine rings is 1. The predicted molar refractivity (Wildman–Crippen MR) is 97.5 cm³/mol. The van der Waals surface area contributed by atoms with Gasteiger partial charge in [-0.3, -0.25) is 4.79 Å². The number of anilines is 2. The molecule has 0 aliphatic carbocycles. The summed E-state index contributed by atoms with van der Waals surface area (Å²) in [5.41, 5.74) is 1.96. The standard InChI is InChI=1S/C19H25N3O2/c1-14(2)12-19(23)22-16-6-9-18(21-13-16)20-11-10-15-4-7-17(24-3)8-5-15/h4-9,13-14H,10-12H2,1-3H3,(H,20,21)(H,22,23). The quantitative estimate of drug-likeness (QED) is 0.775. The Morgan fingerprint density at radius 1 is 1.17 bits per heavy atom. The summed E-state index contributed by atoms with van der Waals surface area (Å²) < 4.78 is 5.15. The molecule has 1 heterocycles. The molecule has 2 rings (SSSR count). The summed E-state index contributed by atoms with van der Waals surface area (Å²) in [4.78, 5) is 16.0. The highest BCUT2D eigenvalue weighted by Crippen LogP contribution is 2.13. The zero-order valence-electron chi connectivity index (χ0n) is 14.5. The molecule has 128 valence electrons. The number of amides is 1. The van der Waals surface area contributed by atoms with Gasteiger partial charge in [-0.1, -0.05) is 26.0 Å². The molecule has 0 aliphatic rings. The van der Waals surface area contributed by atoms with Gasteiger partial charge in [-0.2, -0.15) is 0 Å². The summed E-state index contributed by atoms with van der Waals surface area (Å²) in [6, 6.07) is 11.8. The van der Waals surface area contributed by atoms with Crippen molar-refractivity contribution in [3.63, 3.8) is 0 Å². The molecule has 0 saturated heterocycles. The molecule has 0 fully saturated rings. The summed E-state index contributed by atoms with van der Waals surface area (Å²) >= 11 is 0. The van der Waals surface area contributed by atoms with Crippen molar-refractivity contribution in [3.05, 3.63) is 48.2 Å². The minimum Gasteiger partial charge on any atom is -0.497 e. The number of ether oxygens (including phenoxy) is 1. The highest BCUT2D eigenvalue weighted by atomic mass is 16.5. The number of carbonyl (C=O) groups is 1. The van der Waals surface area contributed by atoms with Gasteiger partial charge in [0.1, 0.15) is 11.6 Å². The van der Waals surface area contributed by atoms with Gasteiger partial charge in [-0.25, -0.2) is 4.98 Å². The van der Waals surface area contributed by atoms with Gasteiger partial charge >= 0.3 is 0 Å². The first kappa shape index (κ1) is 17.8. The van der Waals surface area contributed by atoms with Gasteiger partial charge in [0.25, 0.3) is 0 Å². The molecule has 1 aromatic carbocycles. The van der Waals surface area contributed by atoms with Crippen LogP contribution >= 0.6 is 0 Å². The van der Waals surface area contributed by atoms with Crippen LogP contribution < -0.4 is 15.4 Å². The van der Waals surface area contributed by atoms with Crippen LogP contribution in [0.15, 0.2) is 42.6 Å². The van der Waals surface area contributed by atoms with Crippen molar-refractivity contribution in [2.24, 2.45) is 5.92 Å². The zero-order valence-corrected chi connectivity index (χ0v) is 14.5. The molecule has 0 radical (unpaired) electrons. The molecule has 5 heteroatoms. The van der Waals surface area contributed by atoms with Crippen molar-refractivity contribution in [1.82, 2.24) is 4.98 Å². The number of hydrogen-bond acceptors (Lipinski definition) is 4. The molecule has 0 aliphatic heterocycles. The van der Waals surface area contributed by atoms with Gasteiger partial charge < -0.3 is 15.4 Å². The van der Waals surface area contributed by atoms with Crippen LogP contribution in [0.4, 0.5) is 11.5 Å². The van der Waals surface area contributed by atoms with E-state index in [4.69, 9.17) is 4.74 Å². The minimum absolute atomic E-state index is 0.0204. The zero-order chi connectivity index (χ0) is 17.4. The highest BCUT2D eigenvalue weighted by molar-refractivity contribution is 5.90. The first-order chi connectivity index (χ1) is 11.6. The number of hydrogen-bond donors (Lipinski definition) is 2. The molecular weight excluding hydrogens is 302 g/mol. The van der Waals surface area contributed by atoms with E-state index in [2.05, 4.69) is 27.8 Å². The van der Waals surface area contributed by atoms with Gasteiger partial charge in [-0.15, -0.1) is 0 Å². The Labute approximate surface area is 143 Å². The molecule has 1 amide bonds. The SMILES string of the molecule is COc1ccc(CCNc2ccc(NC(=O)CC(C)C)cn2)cc1. The van der Waals surface area contributed by atoms with Crippen LogP contribution in [0, 0.1) is 5.92 Å². The van der Waals surface area contributed by atoms with Crippen LogP contribution in [0.2, 0.25) is 0 Å².